The van der Waals surface area contributed by atoms with Crippen LogP contribution in [0.25, 0.3) is 83.3 Å². The van der Waals surface area contributed by atoms with Crippen LogP contribution in [0.1, 0.15) is 27.7 Å². The van der Waals surface area contributed by atoms with Crippen molar-refractivity contribution >= 4 is 56.3 Å². The maximum absolute atomic E-state index is 6.69. The zero-order valence-corrected chi connectivity index (χ0v) is 30.0. The number of nitrogens with zero attached hydrogens (tertiary/aromatic N) is 3. The van der Waals surface area contributed by atoms with Gasteiger partial charge in [-0.25, -0.2) is 9.97 Å². The molecule has 0 radical (unpaired) electrons. The van der Waals surface area contributed by atoms with Crippen LogP contribution in [0.4, 0.5) is 0 Å². The highest BCUT2D eigenvalue weighted by Crippen LogP contribution is 2.40. The molecule has 0 aliphatic carbocycles. The lowest BCUT2D eigenvalue weighted by Gasteiger charge is -2.32. The summed E-state index contributed by atoms with van der Waals surface area (Å²) in [5.74, 6) is 0.598. The third kappa shape index (κ3) is 5.11. The minimum absolute atomic E-state index is 0.435. The second-order valence-electron chi connectivity index (χ2n) is 14.9. The molecular formula is C46H36BN3O3. The lowest BCUT2D eigenvalue weighted by Crippen LogP contribution is -2.41. The highest BCUT2D eigenvalue weighted by Gasteiger charge is 2.51. The van der Waals surface area contributed by atoms with E-state index in [9.17, 15) is 0 Å². The van der Waals surface area contributed by atoms with Gasteiger partial charge < -0.3 is 18.3 Å². The summed E-state index contributed by atoms with van der Waals surface area (Å²) in [6.45, 7) is 8.27. The van der Waals surface area contributed by atoms with Crippen molar-refractivity contribution in [2.45, 2.75) is 38.9 Å². The van der Waals surface area contributed by atoms with E-state index in [2.05, 4.69) is 148 Å². The van der Waals surface area contributed by atoms with Gasteiger partial charge in [0.15, 0.2) is 5.82 Å². The average molecular weight is 690 g/mol. The van der Waals surface area contributed by atoms with Crippen LogP contribution >= 0.6 is 0 Å². The minimum Gasteiger partial charge on any atom is -0.455 e. The van der Waals surface area contributed by atoms with Crippen LogP contribution in [0.5, 0.6) is 0 Å². The van der Waals surface area contributed by atoms with Crippen molar-refractivity contribution in [1.29, 1.82) is 0 Å². The van der Waals surface area contributed by atoms with Crippen LogP contribution in [-0.4, -0.2) is 32.9 Å². The average Bonchev–Trinajstić information content (AvgIpc) is 3.80. The lowest BCUT2D eigenvalue weighted by molar-refractivity contribution is 0.00578. The van der Waals surface area contributed by atoms with Gasteiger partial charge in [-0.05, 0) is 75.6 Å². The molecular weight excluding hydrogens is 653 g/mol. The fourth-order valence-corrected chi connectivity index (χ4v) is 7.57. The molecule has 0 N–H and O–H groups in total. The fourth-order valence-electron chi connectivity index (χ4n) is 7.57. The van der Waals surface area contributed by atoms with Crippen LogP contribution in [0, 0.1) is 0 Å². The summed E-state index contributed by atoms with van der Waals surface area (Å²) in [5.41, 5.74) is 9.46. The summed E-state index contributed by atoms with van der Waals surface area (Å²) in [7, 11) is -0.483. The highest BCUT2D eigenvalue weighted by molar-refractivity contribution is 6.62. The first kappa shape index (κ1) is 31.7. The number of hydrogen-bond acceptors (Lipinski definition) is 5. The Bertz CT molecular complexity index is 2840. The van der Waals surface area contributed by atoms with Gasteiger partial charge in [-0.2, -0.15) is 0 Å². The molecule has 3 aromatic heterocycles. The molecule has 0 saturated carbocycles. The third-order valence-electron chi connectivity index (χ3n) is 11.1. The number of aromatic nitrogens is 3. The Morgan fingerprint density at radius 3 is 1.94 bits per heavy atom. The first-order chi connectivity index (χ1) is 25.7. The molecule has 9 aromatic rings. The van der Waals surface area contributed by atoms with E-state index in [1.54, 1.807) is 0 Å². The zero-order chi connectivity index (χ0) is 35.9. The van der Waals surface area contributed by atoms with E-state index in [4.69, 9.17) is 23.7 Å². The molecule has 0 unspecified atom stereocenters. The Labute approximate surface area is 307 Å². The summed E-state index contributed by atoms with van der Waals surface area (Å²) in [6.07, 6.45) is 0. The van der Waals surface area contributed by atoms with Gasteiger partial charge in [-0.15, -0.1) is 0 Å². The van der Waals surface area contributed by atoms with Gasteiger partial charge in [0.1, 0.15) is 11.2 Å². The quantitative estimate of drug-likeness (QED) is 0.168. The molecule has 10 rings (SSSR count). The SMILES string of the molecule is CC1(C)OB(c2ccc3c(c2)oc2c(-c4nc(-c5ccccc5)cc(-c5ccc6c7ccccc7n(-c7ccccc7)c6c5)n4)cccc23)OC1(C)C. The maximum Gasteiger partial charge on any atom is 0.494 e. The predicted octanol–water partition coefficient (Wildman–Crippen LogP) is 10.8. The Kier molecular flexibility index (Phi) is 7.03. The zero-order valence-electron chi connectivity index (χ0n) is 30.0. The predicted molar refractivity (Wildman–Crippen MR) is 216 cm³/mol. The van der Waals surface area contributed by atoms with Crippen molar-refractivity contribution in [3.63, 3.8) is 0 Å². The van der Waals surface area contributed by atoms with Gasteiger partial charge in [0, 0.05) is 38.4 Å². The lowest BCUT2D eigenvalue weighted by atomic mass is 9.79. The fraction of sp³-hybridized carbons (Fsp3) is 0.130. The number of benzene rings is 6. The molecule has 0 amide bonds. The molecule has 256 valence electrons. The van der Waals surface area contributed by atoms with Crippen molar-refractivity contribution in [2.75, 3.05) is 0 Å². The normalized spacial score (nSPS) is 15.3. The molecule has 6 aromatic carbocycles. The molecule has 53 heavy (non-hydrogen) atoms. The van der Waals surface area contributed by atoms with Crippen LogP contribution in [-0.2, 0) is 9.31 Å². The second kappa shape index (κ2) is 11.8. The summed E-state index contributed by atoms with van der Waals surface area (Å²) in [5, 5.41) is 4.42. The van der Waals surface area contributed by atoms with Crippen molar-refractivity contribution in [3.8, 4) is 39.6 Å². The summed E-state index contributed by atoms with van der Waals surface area (Å²) in [6, 6.07) is 50.5. The number of furan rings is 1. The second-order valence-corrected chi connectivity index (χ2v) is 14.9. The van der Waals surface area contributed by atoms with Gasteiger partial charge in [0.25, 0.3) is 0 Å². The Hall–Kier alpha value is -6.02. The smallest absolute Gasteiger partial charge is 0.455 e. The van der Waals surface area contributed by atoms with Gasteiger partial charge >= 0.3 is 7.12 Å². The van der Waals surface area contributed by atoms with E-state index in [0.717, 1.165) is 72.2 Å². The number of para-hydroxylation sites is 3. The standard InChI is InChI=1S/C46H36BN3O3/c1-45(2)46(3,4)53-47(52-45)31-23-25-35-36-19-13-20-37(43(36)51-42(35)27-31)44-48-38(29-14-7-5-8-15-29)28-39(49-44)30-22-24-34-33-18-11-12-21-40(33)50(41(34)26-30)32-16-9-6-10-17-32/h5-28H,1-4H3. The third-order valence-corrected chi connectivity index (χ3v) is 11.1. The van der Waals surface area contributed by atoms with Crippen molar-refractivity contribution in [2.24, 2.45) is 0 Å². The molecule has 1 aliphatic rings. The number of hydrogen-bond donors (Lipinski definition) is 0. The minimum atomic E-state index is -0.483. The Morgan fingerprint density at radius 2 is 1.17 bits per heavy atom. The van der Waals surface area contributed by atoms with Gasteiger partial charge in [0.05, 0.1) is 39.2 Å². The van der Waals surface area contributed by atoms with E-state index in [1.165, 1.54) is 10.8 Å². The number of rotatable bonds is 5. The molecule has 6 nitrogen and oxygen atoms in total. The maximum atomic E-state index is 6.69. The highest BCUT2D eigenvalue weighted by atomic mass is 16.7. The molecule has 1 aliphatic heterocycles. The van der Waals surface area contributed by atoms with E-state index in [-0.39, 0.29) is 0 Å². The first-order valence-corrected chi connectivity index (χ1v) is 18.1. The van der Waals surface area contributed by atoms with Crippen molar-refractivity contribution in [1.82, 2.24) is 14.5 Å². The first-order valence-electron chi connectivity index (χ1n) is 18.1. The van der Waals surface area contributed by atoms with E-state index >= 15 is 0 Å². The van der Waals surface area contributed by atoms with Crippen LogP contribution in [0.3, 0.4) is 0 Å². The van der Waals surface area contributed by atoms with E-state index in [0.29, 0.717) is 5.82 Å². The van der Waals surface area contributed by atoms with Crippen LogP contribution in [0.15, 0.2) is 150 Å². The van der Waals surface area contributed by atoms with Crippen LogP contribution in [0.2, 0.25) is 0 Å². The number of fused-ring (bicyclic) bond motifs is 6. The molecule has 4 heterocycles. The Morgan fingerprint density at radius 1 is 0.528 bits per heavy atom. The monoisotopic (exact) mass is 689 g/mol. The largest absolute Gasteiger partial charge is 0.494 e. The summed E-state index contributed by atoms with van der Waals surface area (Å²) in [4.78, 5) is 10.5. The van der Waals surface area contributed by atoms with Crippen LogP contribution < -0.4 is 5.46 Å². The summed E-state index contributed by atoms with van der Waals surface area (Å²) < 4.78 is 21.8. The van der Waals surface area contributed by atoms with Gasteiger partial charge in [-0.1, -0.05) is 103 Å². The molecule has 0 spiro atoms. The Balaban J connectivity index is 1.15. The van der Waals surface area contributed by atoms with Crippen molar-refractivity contribution < 1.29 is 13.7 Å². The molecule has 7 heteroatoms. The van der Waals surface area contributed by atoms with Crippen molar-refractivity contribution in [3.05, 3.63) is 146 Å². The van der Waals surface area contributed by atoms with E-state index in [1.807, 2.05) is 30.3 Å². The van der Waals surface area contributed by atoms with Gasteiger partial charge in [-0.3, -0.25) is 0 Å². The molecule has 1 fully saturated rings. The topological polar surface area (TPSA) is 62.3 Å². The molecule has 0 atom stereocenters. The van der Waals surface area contributed by atoms with E-state index < -0.39 is 18.3 Å². The molecule has 1 saturated heterocycles. The molecule has 0 bridgehead atoms. The van der Waals surface area contributed by atoms with Gasteiger partial charge in [0.2, 0.25) is 0 Å². The summed E-state index contributed by atoms with van der Waals surface area (Å²) >= 11 is 0.